The Labute approximate surface area is 160 Å². The fourth-order valence-corrected chi connectivity index (χ4v) is 2.93. The Kier molecular flexibility index (Phi) is 5.42. The van der Waals surface area contributed by atoms with Crippen molar-refractivity contribution in [3.8, 4) is 0 Å². The second-order valence-corrected chi connectivity index (χ2v) is 6.00. The lowest BCUT2D eigenvalue weighted by molar-refractivity contribution is -0.130. The van der Waals surface area contributed by atoms with Crippen LogP contribution in [0, 0.1) is 0 Å². The van der Waals surface area contributed by atoms with Crippen LogP contribution >= 0.6 is 11.6 Å². The number of hydrogen-bond acceptors (Lipinski definition) is 5. The number of para-hydroxylation sites is 1. The minimum Gasteiger partial charge on any atom is -0.478 e. The number of nitrogen functional groups attached to an aromatic ring is 1. The number of rotatable bonds is 5. The number of nitrogens with zero attached hydrogens (tertiary/aromatic N) is 1. The normalized spacial score (nSPS) is 13.7. The molecule has 3 rings (SSSR count). The molecule has 2 aromatic carbocycles. The van der Waals surface area contributed by atoms with E-state index in [2.05, 4.69) is 15.6 Å². The first-order chi connectivity index (χ1) is 13.0. The number of amides is 1. The Balaban J connectivity index is 1.80. The number of nitrogens with one attached hydrogen (secondary N) is 2. The summed E-state index contributed by atoms with van der Waals surface area (Å²) in [4.78, 5) is 28.0. The highest BCUT2D eigenvalue weighted by atomic mass is 35.5. The van der Waals surface area contributed by atoms with Gasteiger partial charge in [0.2, 0.25) is 0 Å². The maximum absolute atomic E-state index is 12.6. The van der Waals surface area contributed by atoms with E-state index in [-0.39, 0.29) is 11.5 Å². The molecule has 0 saturated heterocycles. The lowest BCUT2D eigenvalue weighted by atomic mass is 10.0. The molecule has 138 valence electrons. The molecule has 27 heavy (non-hydrogen) atoms. The zero-order chi connectivity index (χ0) is 19.4. The van der Waals surface area contributed by atoms with E-state index < -0.39 is 5.97 Å². The van der Waals surface area contributed by atoms with Crippen LogP contribution in [0.3, 0.4) is 0 Å². The molecule has 0 bridgehead atoms. The van der Waals surface area contributed by atoms with E-state index >= 15 is 0 Å². The molecule has 1 aliphatic heterocycles. The summed E-state index contributed by atoms with van der Waals surface area (Å²) in [6, 6.07) is 11.5. The zero-order valence-corrected chi connectivity index (χ0v) is 15.0. The summed E-state index contributed by atoms with van der Waals surface area (Å²) in [6.45, 7) is 1.42. The Bertz CT molecular complexity index is 952. The third kappa shape index (κ3) is 3.93. The molecule has 0 aliphatic carbocycles. The number of carboxylic acids is 1. The van der Waals surface area contributed by atoms with E-state index in [1.54, 1.807) is 36.4 Å². The van der Waals surface area contributed by atoms with Gasteiger partial charge in [0, 0.05) is 23.3 Å². The van der Waals surface area contributed by atoms with Crippen molar-refractivity contribution >= 4 is 46.3 Å². The molecular weight excluding hydrogens is 368 g/mol. The van der Waals surface area contributed by atoms with E-state index in [1.165, 1.54) is 0 Å². The SMILES string of the molecule is Nc1c(C(=O)Nc2ccc(/C(=C\Cl)C(=O)O)cc2)cccc1C1=NCCN1. The van der Waals surface area contributed by atoms with Gasteiger partial charge in [-0.3, -0.25) is 9.79 Å². The predicted octanol–water partition coefficient (Wildman–Crippen LogP) is 2.54. The summed E-state index contributed by atoms with van der Waals surface area (Å²) < 4.78 is 0. The Hall–Kier alpha value is -3.32. The molecule has 0 unspecified atom stereocenters. The summed E-state index contributed by atoms with van der Waals surface area (Å²) in [7, 11) is 0. The van der Waals surface area contributed by atoms with Crippen molar-refractivity contribution in [2.24, 2.45) is 4.99 Å². The monoisotopic (exact) mass is 384 g/mol. The molecular formula is C19H17ClN4O3. The van der Waals surface area contributed by atoms with Crippen molar-refractivity contribution in [3.63, 3.8) is 0 Å². The predicted molar refractivity (Wildman–Crippen MR) is 106 cm³/mol. The van der Waals surface area contributed by atoms with Crippen LogP contribution < -0.4 is 16.4 Å². The lowest BCUT2D eigenvalue weighted by Crippen LogP contribution is -2.22. The molecule has 0 atom stereocenters. The summed E-state index contributed by atoms with van der Waals surface area (Å²) in [5.41, 5.74) is 9.44. The second kappa shape index (κ2) is 7.92. The Morgan fingerprint density at radius 2 is 1.96 bits per heavy atom. The van der Waals surface area contributed by atoms with Gasteiger partial charge >= 0.3 is 5.97 Å². The third-order valence-electron chi connectivity index (χ3n) is 4.07. The van der Waals surface area contributed by atoms with E-state index in [0.717, 1.165) is 12.1 Å². The minimum absolute atomic E-state index is 0.0312. The lowest BCUT2D eigenvalue weighted by Gasteiger charge is -2.12. The van der Waals surface area contributed by atoms with Gasteiger partial charge < -0.3 is 21.5 Å². The highest BCUT2D eigenvalue weighted by Gasteiger charge is 2.17. The molecule has 2 aromatic rings. The van der Waals surface area contributed by atoms with Gasteiger partial charge in [-0.25, -0.2) is 4.79 Å². The van der Waals surface area contributed by atoms with Gasteiger partial charge in [0.05, 0.1) is 23.4 Å². The number of benzene rings is 2. The molecule has 0 radical (unpaired) electrons. The van der Waals surface area contributed by atoms with Gasteiger partial charge in [-0.2, -0.15) is 0 Å². The van der Waals surface area contributed by atoms with Crippen LogP contribution in [0.2, 0.25) is 0 Å². The minimum atomic E-state index is -1.13. The van der Waals surface area contributed by atoms with Crippen LogP contribution in [-0.4, -0.2) is 35.9 Å². The van der Waals surface area contributed by atoms with Crippen LogP contribution in [0.25, 0.3) is 5.57 Å². The first-order valence-corrected chi connectivity index (χ1v) is 8.57. The smallest absolute Gasteiger partial charge is 0.337 e. The Morgan fingerprint density at radius 1 is 1.22 bits per heavy atom. The second-order valence-electron chi connectivity index (χ2n) is 5.78. The van der Waals surface area contributed by atoms with Crippen LogP contribution in [0.5, 0.6) is 0 Å². The maximum Gasteiger partial charge on any atom is 0.337 e. The number of halogens is 1. The largest absolute Gasteiger partial charge is 0.478 e. The summed E-state index contributed by atoms with van der Waals surface area (Å²) in [5.74, 6) is -0.817. The van der Waals surface area contributed by atoms with Gasteiger partial charge in [0.15, 0.2) is 0 Å². The first-order valence-electron chi connectivity index (χ1n) is 8.14. The van der Waals surface area contributed by atoms with Crippen molar-refractivity contribution in [1.82, 2.24) is 5.32 Å². The van der Waals surface area contributed by atoms with Crippen molar-refractivity contribution in [3.05, 3.63) is 64.7 Å². The molecule has 1 heterocycles. The van der Waals surface area contributed by atoms with Crippen molar-refractivity contribution in [1.29, 1.82) is 0 Å². The van der Waals surface area contributed by atoms with E-state index in [9.17, 15) is 9.59 Å². The summed E-state index contributed by atoms with van der Waals surface area (Å²) in [5, 5.41) is 15.0. The quantitative estimate of drug-likeness (QED) is 0.467. The van der Waals surface area contributed by atoms with Gasteiger partial charge in [0.25, 0.3) is 5.91 Å². The number of hydrogen-bond donors (Lipinski definition) is 4. The third-order valence-corrected chi connectivity index (χ3v) is 4.29. The fraction of sp³-hybridized carbons (Fsp3) is 0.105. The number of anilines is 2. The van der Waals surface area contributed by atoms with Gasteiger partial charge in [0.1, 0.15) is 5.84 Å². The van der Waals surface area contributed by atoms with Gasteiger partial charge in [-0.1, -0.05) is 29.8 Å². The number of carboxylic acid groups (broad SMARTS) is 1. The molecule has 5 N–H and O–H groups in total. The van der Waals surface area contributed by atoms with E-state index in [4.69, 9.17) is 22.4 Å². The topological polar surface area (TPSA) is 117 Å². The first kappa shape index (κ1) is 18.5. The standard InChI is InChI=1S/C19H17ClN4O3/c20-10-15(19(26)27)11-4-6-12(7-5-11)24-18(25)14-3-1-2-13(16(14)21)17-22-8-9-23-17/h1-7,10H,8-9,21H2,(H,22,23)(H,24,25)(H,26,27)/b15-10+. The fourth-order valence-electron chi connectivity index (χ4n) is 2.71. The summed E-state index contributed by atoms with van der Waals surface area (Å²) >= 11 is 5.55. The molecule has 0 fully saturated rings. The molecule has 7 nitrogen and oxygen atoms in total. The van der Waals surface area contributed by atoms with Crippen molar-refractivity contribution in [2.75, 3.05) is 24.1 Å². The number of amidine groups is 1. The molecule has 0 spiro atoms. The molecule has 0 aromatic heterocycles. The number of carbonyl (C=O) groups is 2. The van der Waals surface area contributed by atoms with Crippen LogP contribution in [-0.2, 0) is 4.79 Å². The van der Waals surface area contributed by atoms with Gasteiger partial charge in [-0.15, -0.1) is 0 Å². The maximum atomic E-state index is 12.6. The van der Waals surface area contributed by atoms with Crippen LogP contribution in [0.15, 0.2) is 53.0 Å². The molecule has 1 aliphatic rings. The van der Waals surface area contributed by atoms with E-state index in [1.807, 2.05) is 6.07 Å². The highest BCUT2D eigenvalue weighted by molar-refractivity contribution is 6.34. The summed E-state index contributed by atoms with van der Waals surface area (Å²) in [6.07, 6.45) is 0. The Morgan fingerprint density at radius 3 is 2.56 bits per heavy atom. The zero-order valence-electron chi connectivity index (χ0n) is 14.2. The van der Waals surface area contributed by atoms with E-state index in [0.29, 0.717) is 40.4 Å². The number of aliphatic imine (C=N–C) groups is 1. The molecule has 0 saturated carbocycles. The van der Waals surface area contributed by atoms with Crippen LogP contribution in [0.1, 0.15) is 21.5 Å². The van der Waals surface area contributed by atoms with Crippen LogP contribution in [0.4, 0.5) is 11.4 Å². The van der Waals surface area contributed by atoms with Crippen molar-refractivity contribution < 1.29 is 14.7 Å². The van der Waals surface area contributed by atoms with Gasteiger partial charge in [-0.05, 0) is 29.8 Å². The number of aliphatic carboxylic acids is 1. The molecule has 8 heteroatoms. The average molecular weight is 385 g/mol. The highest BCUT2D eigenvalue weighted by Crippen LogP contribution is 2.22. The van der Waals surface area contributed by atoms with Crippen molar-refractivity contribution in [2.45, 2.75) is 0 Å². The number of nitrogens with two attached hydrogens (primary N) is 1. The molecule has 1 amide bonds. The number of carbonyl (C=O) groups excluding carboxylic acids is 1. The average Bonchev–Trinajstić information content (AvgIpc) is 3.18.